The number of rotatable bonds is 4. The average molecular weight is 324 g/mol. The predicted molar refractivity (Wildman–Crippen MR) is 80.4 cm³/mol. The summed E-state index contributed by atoms with van der Waals surface area (Å²) in [4.78, 5) is 17.0. The minimum absolute atomic E-state index is 0.0297. The van der Waals surface area contributed by atoms with E-state index in [9.17, 15) is 18.5 Å². The van der Waals surface area contributed by atoms with Crippen LogP contribution in [0.25, 0.3) is 11.0 Å². The zero-order valence-electron chi connectivity index (χ0n) is 11.8. The molecule has 1 saturated heterocycles. The fraction of sp³-hybridized carbons (Fsp3) is 0.462. The second-order valence-electron chi connectivity index (χ2n) is 5.49. The fourth-order valence-corrected chi connectivity index (χ4v) is 4.26. The summed E-state index contributed by atoms with van der Waals surface area (Å²) >= 11 is 0. The van der Waals surface area contributed by atoms with Crippen molar-refractivity contribution in [3.63, 3.8) is 0 Å². The minimum atomic E-state index is -3.53. The molecular formula is C13H16N4O4S. The van der Waals surface area contributed by atoms with Gasteiger partial charge in [0.2, 0.25) is 15.0 Å². The van der Waals surface area contributed by atoms with E-state index >= 15 is 0 Å². The summed E-state index contributed by atoms with van der Waals surface area (Å²) in [7, 11) is -3.53. The molecule has 0 radical (unpaired) electrons. The molecule has 1 aromatic heterocycles. The molecule has 0 unspecified atom stereocenters. The highest BCUT2D eigenvalue weighted by molar-refractivity contribution is 7.91. The van der Waals surface area contributed by atoms with Crippen molar-refractivity contribution in [2.24, 2.45) is 5.92 Å². The summed E-state index contributed by atoms with van der Waals surface area (Å²) in [6.07, 6.45) is 1.84. The van der Waals surface area contributed by atoms with Crippen molar-refractivity contribution >= 4 is 26.6 Å². The number of aromatic amines is 1. The molecule has 3 rings (SSSR count). The molecule has 0 aliphatic carbocycles. The van der Waals surface area contributed by atoms with E-state index in [2.05, 4.69) is 15.3 Å². The smallest absolute Gasteiger partial charge is 0.271 e. The molecule has 9 heteroatoms. The quantitative estimate of drug-likeness (QED) is 0.645. The van der Waals surface area contributed by atoms with E-state index in [4.69, 9.17) is 0 Å². The maximum Gasteiger partial charge on any atom is 0.271 e. The van der Waals surface area contributed by atoms with Gasteiger partial charge in [0.25, 0.3) is 5.69 Å². The van der Waals surface area contributed by atoms with Gasteiger partial charge in [-0.25, -0.2) is 13.4 Å². The Morgan fingerprint density at radius 3 is 2.91 bits per heavy atom. The lowest BCUT2D eigenvalue weighted by Gasteiger charge is -2.21. The number of nitrogens with zero attached hydrogens (tertiary/aromatic N) is 2. The molecule has 0 saturated carbocycles. The van der Waals surface area contributed by atoms with Gasteiger partial charge in [0.1, 0.15) is 0 Å². The second kappa shape index (κ2) is 5.65. The molecule has 0 amide bonds. The lowest BCUT2D eigenvalue weighted by Crippen LogP contribution is -2.34. The van der Waals surface area contributed by atoms with Crippen LogP contribution in [0.15, 0.2) is 23.4 Å². The zero-order valence-corrected chi connectivity index (χ0v) is 12.6. The molecule has 1 aromatic carbocycles. The maximum atomic E-state index is 12.4. The van der Waals surface area contributed by atoms with Crippen molar-refractivity contribution in [2.45, 2.75) is 18.0 Å². The predicted octanol–water partition coefficient (Wildman–Crippen LogP) is 1.24. The lowest BCUT2D eigenvalue weighted by atomic mass is 10.0. The summed E-state index contributed by atoms with van der Waals surface area (Å²) in [5.41, 5.74) is 0.664. The number of nitro groups is 1. The summed E-state index contributed by atoms with van der Waals surface area (Å²) in [6, 6.07) is 4.05. The van der Waals surface area contributed by atoms with E-state index < -0.39 is 14.8 Å². The number of nitrogens with one attached hydrogen (secondary N) is 2. The first-order chi connectivity index (χ1) is 10.5. The summed E-state index contributed by atoms with van der Waals surface area (Å²) in [5, 5.41) is 13.8. The Kier molecular flexibility index (Phi) is 3.83. The largest absolute Gasteiger partial charge is 0.329 e. The van der Waals surface area contributed by atoms with Gasteiger partial charge in [-0.3, -0.25) is 10.1 Å². The van der Waals surface area contributed by atoms with Gasteiger partial charge in [-0.15, -0.1) is 0 Å². The Hall–Kier alpha value is -2.00. The van der Waals surface area contributed by atoms with Gasteiger partial charge >= 0.3 is 0 Å². The number of hydrogen-bond donors (Lipinski definition) is 2. The SMILES string of the molecule is O=[N+]([O-])c1ccc2nc(S(=O)(=O)C[C@H]3CCCNC3)[nH]c2c1. The monoisotopic (exact) mass is 324 g/mol. The molecule has 1 aliphatic heterocycles. The van der Waals surface area contributed by atoms with Gasteiger partial charge in [0.15, 0.2) is 0 Å². The normalized spacial score (nSPS) is 19.4. The van der Waals surface area contributed by atoms with Crippen LogP contribution >= 0.6 is 0 Å². The molecule has 118 valence electrons. The van der Waals surface area contributed by atoms with Gasteiger partial charge in [-0.1, -0.05) is 0 Å². The highest BCUT2D eigenvalue weighted by atomic mass is 32.2. The van der Waals surface area contributed by atoms with Crippen molar-refractivity contribution in [2.75, 3.05) is 18.8 Å². The van der Waals surface area contributed by atoms with Gasteiger partial charge < -0.3 is 10.3 Å². The number of nitro benzene ring substituents is 1. The number of H-pyrrole nitrogens is 1. The van der Waals surface area contributed by atoms with E-state index in [1.165, 1.54) is 18.2 Å². The van der Waals surface area contributed by atoms with Crippen molar-refractivity contribution in [3.8, 4) is 0 Å². The number of fused-ring (bicyclic) bond motifs is 1. The standard InChI is InChI=1S/C13H16N4O4S/c18-17(19)10-3-4-11-12(6-10)16-13(15-11)22(20,21)8-9-2-1-5-14-7-9/h3-4,6,9,14H,1-2,5,7-8H2,(H,15,16)/t9-/m0/s1. The summed E-state index contributed by atoms with van der Waals surface area (Å²) in [5.74, 6) is 0.100. The molecule has 1 aliphatic rings. The topological polar surface area (TPSA) is 118 Å². The number of hydrogen-bond acceptors (Lipinski definition) is 6. The highest BCUT2D eigenvalue weighted by Gasteiger charge is 2.26. The summed E-state index contributed by atoms with van der Waals surface area (Å²) in [6.45, 7) is 1.61. The van der Waals surface area contributed by atoms with Crippen LogP contribution in [0.4, 0.5) is 5.69 Å². The van der Waals surface area contributed by atoms with E-state index in [1.54, 1.807) is 0 Å². The van der Waals surface area contributed by atoms with Crippen LogP contribution in [0.5, 0.6) is 0 Å². The number of non-ortho nitro benzene ring substituents is 1. The third-order valence-electron chi connectivity index (χ3n) is 3.80. The molecule has 1 atom stereocenters. The van der Waals surface area contributed by atoms with E-state index in [-0.39, 0.29) is 22.5 Å². The number of imidazole rings is 1. The Morgan fingerprint density at radius 2 is 2.23 bits per heavy atom. The molecule has 22 heavy (non-hydrogen) atoms. The minimum Gasteiger partial charge on any atom is -0.329 e. The third kappa shape index (κ3) is 2.95. The van der Waals surface area contributed by atoms with Crippen molar-refractivity contribution in [1.29, 1.82) is 0 Å². The molecule has 0 spiro atoms. The van der Waals surface area contributed by atoms with Crippen LogP contribution in [0, 0.1) is 16.0 Å². The molecule has 8 nitrogen and oxygen atoms in total. The van der Waals surface area contributed by atoms with Gasteiger partial charge in [-0.05, 0) is 37.9 Å². The van der Waals surface area contributed by atoms with Crippen LogP contribution in [0.2, 0.25) is 0 Å². The van der Waals surface area contributed by atoms with Crippen LogP contribution in [0.1, 0.15) is 12.8 Å². The second-order valence-corrected chi connectivity index (χ2v) is 7.44. The van der Waals surface area contributed by atoms with Crippen LogP contribution < -0.4 is 5.32 Å². The summed E-state index contributed by atoms with van der Waals surface area (Å²) < 4.78 is 24.9. The number of aromatic nitrogens is 2. The molecular weight excluding hydrogens is 308 g/mol. The van der Waals surface area contributed by atoms with E-state index in [1.807, 2.05) is 0 Å². The number of sulfone groups is 1. The van der Waals surface area contributed by atoms with E-state index in [0.29, 0.717) is 17.6 Å². The zero-order chi connectivity index (χ0) is 15.7. The van der Waals surface area contributed by atoms with Gasteiger partial charge in [0.05, 0.1) is 21.7 Å². The molecule has 2 aromatic rings. The number of piperidine rings is 1. The Morgan fingerprint density at radius 1 is 1.41 bits per heavy atom. The molecule has 1 fully saturated rings. The average Bonchev–Trinajstić information content (AvgIpc) is 2.91. The number of benzene rings is 1. The first kappa shape index (κ1) is 14.9. The first-order valence-corrected chi connectivity index (χ1v) is 8.68. The van der Waals surface area contributed by atoms with E-state index in [0.717, 1.165) is 19.4 Å². The Labute approximate surface area is 127 Å². The Balaban J connectivity index is 1.89. The molecule has 2 N–H and O–H groups in total. The van der Waals surface area contributed by atoms with Crippen LogP contribution in [-0.4, -0.2) is 42.2 Å². The molecule has 0 bridgehead atoms. The van der Waals surface area contributed by atoms with Crippen molar-refractivity contribution < 1.29 is 13.3 Å². The Bertz CT molecular complexity index is 809. The maximum absolute atomic E-state index is 12.4. The first-order valence-electron chi connectivity index (χ1n) is 7.03. The van der Waals surface area contributed by atoms with Gasteiger partial charge in [-0.2, -0.15) is 0 Å². The lowest BCUT2D eigenvalue weighted by molar-refractivity contribution is -0.384. The van der Waals surface area contributed by atoms with Crippen LogP contribution in [0.3, 0.4) is 0 Å². The van der Waals surface area contributed by atoms with Crippen molar-refractivity contribution in [3.05, 3.63) is 28.3 Å². The fourth-order valence-electron chi connectivity index (χ4n) is 2.69. The third-order valence-corrected chi connectivity index (χ3v) is 5.50. The van der Waals surface area contributed by atoms with Crippen molar-refractivity contribution in [1.82, 2.24) is 15.3 Å². The van der Waals surface area contributed by atoms with Crippen LogP contribution in [-0.2, 0) is 9.84 Å². The van der Waals surface area contributed by atoms with Gasteiger partial charge in [0, 0.05) is 12.1 Å². The molecule has 2 heterocycles. The highest BCUT2D eigenvalue weighted by Crippen LogP contribution is 2.22.